The van der Waals surface area contributed by atoms with E-state index in [1.165, 1.54) is 44.2 Å². The fourth-order valence-corrected chi connectivity index (χ4v) is 7.43. The second kappa shape index (κ2) is 7.57. The molecular weight excluding hydrogens is 420 g/mol. The van der Waals surface area contributed by atoms with E-state index in [9.17, 15) is 13.2 Å². The zero-order valence-electron chi connectivity index (χ0n) is 16.6. The maximum absolute atomic E-state index is 13.1. The molecule has 1 amide bonds. The van der Waals surface area contributed by atoms with Crippen molar-refractivity contribution in [1.82, 2.24) is 0 Å². The predicted octanol–water partition coefficient (Wildman–Crippen LogP) is 5.15. The van der Waals surface area contributed by atoms with E-state index in [1.54, 1.807) is 36.4 Å². The number of amides is 1. The molecule has 0 unspecified atom stereocenters. The van der Waals surface area contributed by atoms with Crippen molar-refractivity contribution in [3.05, 3.63) is 53.6 Å². The maximum atomic E-state index is 13.1. The first kappa shape index (κ1) is 19.9. The summed E-state index contributed by atoms with van der Waals surface area (Å²) in [6, 6.07) is 13.1. The van der Waals surface area contributed by atoms with E-state index in [-0.39, 0.29) is 16.7 Å². The van der Waals surface area contributed by atoms with E-state index in [1.807, 2.05) is 0 Å². The van der Waals surface area contributed by atoms with Gasteiger partial charge in [0.2, 0.25) is 5.91 Å². The first-order valence-electron chi connectivity index (χ1n) is 10.6. The lowest BCUT2D eigenvalue weighted by molar-refractivity contribution is -0.132. The van der Waals surface area contributed by atoms with Crippen molar-refractivity contribution in [3.63, 3.8) is 0 Å². The topological polar surface area (TPSA) is 75.3 Å². The summed E-state index contributed by atoms with van der Waals surface area (Å²) in [6.45, 7) is 0. The summed E-state index contributed by atoms with van der Waals surface area (Å²) in [5.74, 6) is 2.67. The number of halogens is 1. The molecule has 7 heteroatoms. The first-order chi connectivity index (χ1) is 14.4. The summed E-state index contributed by atoms with van der Waals surface area (Å²) in [6.07, 6.45) is 6.02. The van der Waals surface area contributed by atoms with Crippen LogP contribution in [0.25, 0.3) is 0 Å². The molecule has 2 N–H and O–H groups in total. The number of carbonyl (C=O) groups excluding carboxylic acids is 1. The van der Waals surface area contributed by atoms with Crippen LogP contribution in [-0.2, 0) is 14.8 Å². The number of benzene rings is 2. The highest BCUT2D eigenvalue weighted by Gasteiger charge is 2.50. The van der Waals surface area contributed by atoms with Crippen molar-refractivity contribution in [3.8, 4) is 0 Å². The van der Waals surface area contributed by atoms with Crippen molar-refractivity contribution in [2.45, 2.75) is 37.0 Å². The van der Waals surface area contributed by atoms with Crippen molar-refractivity contribution in [1.29, 1.82) is 0 Å². The van der Waals surface area contributed by atoms with Gasteiger partial charge in [0.15, 0.2) is 0 Å². The third-order valence-corrected chi connectivity index (χ3v) is 8.75. The van der Waals surface area contributed by atoms with Crippen LogP contribution in [0.5, 0.6) is 0 Å². The monoisotopic (exact) mass is 444 g/mol. The quantitative estimate of drug-likeness (QED) is 0.669. The lowest BCUT2D eigenvalue weighted by Gasteiger charge is -2.53. The third-order valence-electron chi connectivity index (χ3n) is 7.06. The van der Waals surface area contributed by atoms with Crippen molar-refractivity contribution in [2.24, 2.45) is 29.6 Å². The number of nitrogens with one attached hydrogen (secondary N) is 2. The van der Waals surface area contributed by atoms with Gasteiger partial charge in [0.25, 0.3) is 10.0 Å². The van der Waals surface area contributed by atoms with Crippen LogP contribution in [0.2, 0.25) is 5.02 Å². The number of hydrogen-bond donors (Lipinski definition) is 2. The standard InChI is InChI=1S/C23H25ClN2O3S/c24-20-6-1-2-7-21(20)26-30(28,29)19-5-3-4-18(13-19)25-23(27)22-16-9-14-8-15(11-16)12-17(22)10-14/h1-7,13-17,22,26H,8-12H2,(H,25,27). The molecule has 6 rings (SSSR count). The number of rotatable bonds is 5. The van der Waals surface area contributed by atoms with Gasteiger partial charge >= 0.3 is 0 Å². The normalized spacial score (nSPS) is 29.6. The summed E-state index contributed by atoms with van der Waals surface area (Å²) in [5.41, 5.74) is 0.832. The highest BCUT2D eigenvalue weighted by atomic mass is 35.5. The average Bonchev–Trinajstić information content (AvgIpc) is 2.69. The third kappa shape index (κ3) is 3.71. The van der Waals surface area contributed by atoms with Crippen molar-refractivity contribution < 1.29 is 13.2 Å². The minimum atomic E-state index is -3.82. The molecule has 0 aliphatic heterocycles. The molecule has 0 saturated heterocycles. The van der Waals surface area contributed by atoms with E-state index in [0.717, 1.165) is 11.8 Å². The van der Waals surface area contributed by atoms with Crippen LogP contribution in [0.4, 0.5) is 11.4 Å². The van der Waals surface area contributed by atoms with Gasteiger partial charge in [-0.25, -0.2) is 8.42 Å². The van der Waals surface area contributed by atoms with Gasteiger partial charge in [-0.05, 0) is 86.1 Å². The Morgan fingerprint density at radius 2 is 1.57 bits per heavy atom. The highest BCUT2D eigenvalue weighted by molar-refractivity contribution is 7.92. The number of anilines is 2. The largest absolute Gasteiger partial charge is 0.326 e. The van der Waals surface area contributed by atoms with E-state index < -0.39 is 10.0 Å². The molecule has 0 spiro atoms. The minimum Gasteiger partial charge on any atom is -0.326 e. The van der Waals surface area contributed by atoms with Gasteiger partial charge in [-0.3, -0.25) is 9.52 Å². The van der Waals surface area contributed by atoms with Crippen LogP contribution in [0.3, 0.4) is 0 Å². The van der Waals surface area contributed by atoms with Crippen LogP contribution in [0, 0.1) is 29.6 Å². The van der Waals surface area contributed by atoms with Crippen LogP contribution in [0.1, 0.15) is 32.1 Å². The first-order valence-corrected chi connectivity index (χ1v) is 12.4. The average molecular weight is 445 g/mol. The zero-order valence-corrected chi connectivity index (χ0v) is 18.1. The Kier molecular flexibility index (Phi) is 5.02. The summed E-state index contributed by atoms with van der Waals surface area (Å²) in [5, 5.41) is 3.33. The van der Waals surface area contributed by atoms with Crippen LogP contribution in [-0.4, -0.2) is 14.3 Å². The number of carbonyl (C=O) groups is 1. The Labute approximate surface area is 182 Å². The number of hydrogen-bond acceptors (Lipinski definition) is 3. The fraction of sp³-hybridized carbons (Fsp3) is 0.435. The van der Waals surface area contributed by atoms with Crippen LogP contribution in [0.15, 0.2) is 53.4 Å². The molecule has 4 saturated carbocycles. The van der Waals surface area contributed by atoms with Gasteiger partial charge in [0.1, 0.15) is 0 Å². The minimum absolute atomic E-state index is 0.0393. The summed E-state index contributed by atoms with van der Waals surface area (Å²) in [4.78, 5) is 13.2. The molecule has 5 nitrogen and oxygen atoms in total. The van der Waals surface area contributed by atoms with Crippen molar-refractivity contribution in [2.75, 3.05) is 10.0 Å². The van der Waals surface area contributed by atoms with Gasteiger partial charge in [-0.1, -0.05) is 29.8 Å². The Morgan fingerprint density at radius 3 is 2.23 bits per heavy atom. The molecule has 4 fully saturated rings. The van der Waals surface area contributed by atoms with E-state index in [4.69, 9.17) is 11.6 Å². The smallest absolute Gasteiger partial charge is 0.262 e. The summed E-state index contributed by atoms with van der Waals surface area (Å²) < 4.78 is 28.1. The molecule has 4 aliphatic carbocycles. The van der Waals surface area contributed by atoms with Crippen LogP contribution >= 0.6 is 11.6 Å². The van der Waals surface area contributed by atoms with E-state index in [2.05, 4.69) is 10.0 Å². The van der Waals surface area contributed by atoms with E-state index >= 15 is 0 Å². The Morgan fingerprint density at radius 1 is 0.900 bits per heavy atom. The maximum Gasteiger partial charge on any atom is 0.262 e. The molecule has 4 bridgehead atoms. The summed E-state index contributed by atoms with van der Waals surface area (Å²) in [7, 11) is -3.82. The summed E-state index contributed by atoms with van der Waals surface area (Å²) >= 11 is 6.08. The van der Waals surface area contributed by atoms with Gasteiger partial charge in [-0.2, -0.15) is 0 Å². The lowest BCUT2D eigenvalue weighted by Crippen LogP contribution is -2.49. The molecule has 4 aliphatic rings. The van der Waals surface area contributed by atoms with Gasteiger partial charge in [0.05, 0.1) is 15.6 Å². The molecule has 2 aromatic rings. The second-order valence-corrected chi connectivity index (χ2v) is 11.1. The molecule has 0 radical (unpaired) electrons. The van der Waals surface area contributed by atoms with Crippen molar-refractivity contribution >= 4 is 38.9 Å². The molecule has 30 heavy (non-hydrogen) atoms. The molecule has 158 valence electrons. The van der Waals surface area contributed by atoms with Crippen LogP contribution < -0.4 is 10.0 Å². The van der Waals surface area contributed by atoms with E-state index in [0.29, 0.717) is 28.2 Å². The molecule has 0 heterocycles. The predicted molar refractivity (Wildman–Crippen MR) is 118 cm³/mol. The molecule has 0 atom stereocenters. The Bertz CT molecular complexity index is 1060. The fourth-order valence-electron chi connectivity index (χ4n) is 6.07. The second-order valence-electron chi connectivity index (χ2n) is 9.06. The number of sulfonamides is 1. The zero-order chi connectivity index (χ0) is 20.9. The van der Waals surface area contributed by atoms with Gasteiger partial charge in [-0.15, -0.1) is 0 Å². The lowest BCUT2D eigenvalue weighted by atomic mass is 9.51. The van der Waals surface area contributed by atoms with Gasteiger partial charge in [0, 0.05) is 11.6 Å². The molecular formula is C23H25ClN2O3S. The Balaban J connectivity index is 1.33. The Hall–Kier alpha value is -2.05. The number of para-hydroxylation sites is 1. The van der Waals surface area contributed by atoms with Gasteiger partial charge < -0.3 is 5.32 Å². The highest BCUT2D eigenvalue weighted by Crippen LogP contribution is 2.56. The molecule has 2 aromatic carbocycles. The SMILES string of the molecule is O=C(Nc1cccc(S(=O)(=O)Nc2ccccc2Cl)c1)C1C2CC3CC(C2)CC1C3. The molecule has 0 aromatic heterocycles.